The lowest BCUT2D eigenvalue weighted by atomic mass is 10.2. The minimum atomic E-state index is -3.79. The van der Waals surface area contributed by atoms with Crippen molar-refractivity contribution < 1.29 is 13.3 Å². The van der Waals surface area contributed by atoms with E-state index in [-0.39, 0.29) is 16.6 Å². The number of nitrogens with one attached hydrogen (secondary N) is 1. The number of pyridine rings is 1. The number of nitrogens with zero attached hydrogens (tertiary/aromatic N) is 4. The maximum absolute atomic E-state index is 12.3. The molecule has 1 aromatic carbocycles. The number of benzene rings is 1. The molecule has 28 heavy (non-hydrogen) atoms. The molecule has 1 aromatic heterocycles. The van der Waals surface area contributed by atoms with Crippen molar-refractivity contribution in [2.24, 2.45) is 0 Å². The van der Waals surface area contributed by atoms with E-state index >= 15 is 0 Å². The molecule has 2 heterocycles. The van der Waals surface area contributed by atoms with Crippen LogP contribution in [-0.2, 0) is 10.0 Å². The highest BCUT2D eigenvalue weighted by atomic mass is 32.2. The first-order valence-electron chi connectivity index (χ1n) is 8.98. The van der Waals surface area contributed by atoms with Crippen molar-refractivity contribution in [3.8, 4) is 0 Å². The molecule has 0 amide bonds. The lowest BCUT2D eigenvalue weighted by Gasteiger charge is -2.37. The van der Waals surface area contributed by atoms with Gasteiger partial charge in [0.2, 0.25) is 10.0 Å². The standard InChI is InChI=1S/C18H23N5O4S/c1-14(2)20-28(26,27)16-3-4-17(18(13-16)23(24)25)22-11-9-21(10-12-22)15-5-7-19-8-6-15/h3-8,13-14,20H,9-12H2,1-2H3. The Morgan fingerprint density at radius 1 is 1.07 bits per heavy atom. The van der Waals surface area contributed by atoms with Gasteiger partial charge in [-0.1, -0.05) is 0 Å². The maximum Gasteiger partial charge on any atom is 0.293 e. The van der Waals surface area contributed by atoms with Gasteiger partial charge >= 0.3 is 0 Å². The Hall–Kier alpha value is -2.72. The van der Waals surface area contributed by atoms with E-state index < -0.39 is 14.9 Å². The highest BCUT2D eigenvalue weighted by Gasteiger charge is 2.27. The highest BCUT2D eigenvalue weighted by molar-refractivity contribution is 7.89. The van der Waals surface area contributed by atoms with Crippen molar-refractivity contribution in [3.63, 3.8) is 0 Å². The van der Waals surface area contributed by atoms with Crippen LogP contribution in [0.25, 0.3) is 0 Å². The van der Waals surface area contributed by atoms with E-state index in [9.17, 15) is 18.5 Å². The van der Waals surface area contributed by atoms with Crippen LogP contribution in [0.3, 0.4) is 0 Å². The Morgan fingerprint density at radius 3 is 2.25 bits per heavy atom. The third-order valence-corrected chi connectivity index (χ3v) is 6.15. The second-order valence-electron chi connectivity index (χ2n) is 6.86. The van der Waals surface area contributed by atoms with E-state index in [1.807, 2.05) is 17.0 Å². The molecule has 9 nitrogen and oxygen atoms in total. The molecule has 1 aliphatic rings. The van der Waals surface area contributed by atoms with Crippen LogP contribution in [0.1, 0.15) is 13.8 Å². The highest BCUT2D eigenvalue weighted by Crippen LogP contribution is 2.32. The number of rotatable bonds is 6. The molecule has 1 saturated heterocycles. The normalized spacial score (nSPS) is 15.1. The summed E-state index contributed by atoms with van der Waals surface area (Å²) in [6.07, 6.45) is 3.47. The number of nitro benzene ring substituents is 1. The number of nitro groups is 1. The van der Waals surface area contributed by atoms with Crippen LogP contribution in [0.15, 0.2) is 47.6 Å². The lowest BCUT2D eigenvalue weighted by molar-refractivity contribution is -0.384. The first kappa shape index (κ1) is 20.0. The Bertz CT molecular complexity index is 942. The summed E-state index contributed by atoms with van der Waals surface area (Å²) in [4.78, 5) is 19.1. The third kappa shape index (κ3) is 4.39. The summed E-state index contributed by atoms with van der Waals surface area (Å²) in [5.74, 6) is 0. The molecule has 150 valence electrons. The van der Waals surface area contributed by atoms with Crippen molar-refractivity contribution in [2.45, 2.75) is 24.8 Å². The Kier molecular flexibility index (Phi) is 5.80. The minimum Gasteiger partial charge on any atom is -0.368 e. The summed E-state index contributed by atoms with van der Waals surface area (Å²) in [5, 5.41) is 11.6. The summed E-state index contributed by atoms with van der Waals surface area (Å²) in [6, 6.07) is 7.64. The molecular weight excluding hydrogens is 382 g/mol. The van der Waals surface area contributed by atoms with Gasteiger partial charge in [0.1, 0.15) is 5.69 Å². The van der Waals surface area contributed by atoms with Crippen LogP contribution >= 0.6 is 0 Å². The first-order valence-corrected chi connectivity index (χ1v) is 10.5. The summed E-state index contributed by atoms with van der Waals surface area (Å²) in [5.41, 5.74) is 1.29. The van der Waals surface area contributed by atoms with Gasteiger partial charge in [-0.05, 0) is 38.1 Å². The van der Waals surface area contributed by atoms with E-state index in [0.717, 1.165) is 11.8 Å². The second-order valence-corrected chi connectivity index (χ2v) is 8.58. The second kappa shape index (κ2) is 8.11. The van der Waals surface area contributed by atoms with E-state index in [4.69, 9.17) is 0 Å². The molecule has 1 N–H and O–H groups in total. The lowest BCUT2D eigenvalue weighted by Crippen LogP contribution is -2.46. The molecule has 0 radical (unpaired) electrons. The van der Waals surface area contributed by atoms with E-state index in [1.165, 1.54) is 12.1 Å². The van der Waals surface area contributed by atoms with Gasteiger partial charge < -0.3 is 9.80 Å². The zero-order valence-corrected chi connectivity index (χ0v) is 16.6. The van der Waals surface area contributed by atoms with Gasteiger partial charge in [0, 0.05) is 56.4 Å². The van der Waals surface area contributed by atoms with Gasteiger partial charge in [0.15, 0.2) is 0 Å². The molecule has 0 saturated carbocycles. The number of piperazine rings is 1. The maximum atomic E-state index is 12.3. The number of hydrogen-bond donors (Lipinski definition) is 1. The van der Waals surface area contributed by atoms with Crippen LogP contribution in [-0.4, -0.2) is 50.5 Å². The summed E-state index contributed by atoms with van der Waals surface area (Å²) in [7, 11) is -3.79. The van der Waals surface area contributed by atoms with Crippen LogP contribution in [0, 0.1) is 10.1 Å². The Labute approximate surface area is 164 Å². The fraction of sp³-hybridized carbons (Fsp3) is 0.389. The fourth-order valence-corrected chi connectivity index (χ4v) is 4.49. The molecule has 10 heteroatoms. The molecule has 0 unspecified atom stereocenters. The number of sulfonamides is 1. The summed E-state index contributed by atoms with van der Waals surface area (Å²) in [6.45, 7) is 6.00. The van der Waals surface area contributed by atoms with Crippen LogP contribution in [0.2, 0.25) is 0 Å². The fourth-order valence-electron chi connectivity index (χ4n) is 3.22. The van der Waals surface area contributed by atoms with Gasteiger partial charge in [-0.3, -0.25) is 15.1 Å². The molecule has 0 aliphatic carbocycles. The van der Waals surface area contributed by atoms with Gasteiger partial charge in [0.05, 0.1) is 9.82 Å². The topological polar surface area (TPSA) is 109 Å². The van der Waals surface area contributed by atoms with Crippen molar-refractivity contribution in [2.75, 3.05) is 36.0 Å². The quantitative estimate of drug-likeness (QED) is 0.578. The van der Waals surface area contributed by atoms with Crippen molar-refractivity contribution in [1.29, 1.82) is 0 Å². The van der Waals surface area contributed by atoms with Crippen molar-refractivity contribution in [1.82, 2.24) is 9.71 Å². The molecule has 0 atom stereocenters. The monoisotopic (exact) mass is 405 g/mol. The van der Waals surface area contributed by atoms with Crippen LogP contribution < -0.4 is 14.5 Å². The molecule has 1 aliphatic heterocycles. The van der Waals surface area contributed by atoms with Gasteiger partial charge in [0.25, 0.3) is 5.69 Å². The number of anilines is 2. The molecule has 2 aromatic rings. The predicted octanol–water partition coefficient (Wildman–Crippen LogP) is 2.00. The minimum absolute atomic E-state index is 0.105. The largest absolute Gasteiger partial charge is 0.368 e. The number of hydrogen-bond acceptors (Lipinski definition) is 7. The molecule has 0 bridgehead atoms. The van der Waals surface area contributed by atoms with E-state index in [1.54, 1.807) is 26.2 Å². The van der Waals surface area contributed by atoms with Gasteiger partial charge in [-0.15, -0.1) is 0 Å². The summed E-state index contributed by atoms with van der Waals surface area (Å²) < 4.78 is 27.1. The van der Waals surface area contributed by atoms with Crippen molar-refractivity contribution >= 4 is 27.1 Å². The molecular formula is C18H23N5O4S. The smallest absolute Gasteiger partial charge is 0.293 e. The zero-order valence-electron chi connectivity index (χ0n) is 15.8. The van der Waals surface area contributed by atoms with Gasteiger partial charge in [-0.2, -0.15) is 0 Å². The Balaban J connectivity index is 1.82. The average Bonchev–Trinajstić information content (AvgIpc) is 2.67. The van der Waals surface area contributed by atoms with E-state index in [0.29, 0.717) is 31.9 Å². The summed E-state index contributed by atoms with van der Waals surface area (Å²) >= 11 is 0. The molecule has 3 rings (SSSR count). The third-order valence-electron chi connectivity index (χ3n) is 4.49. The number of aromatic nitrogens is 1. The molecule has 0 spiro atoms. The van der Waals surface area contributed by atoms with Gasteiger partial charge in [-0.25, -0.2) is 13.1 Å². The average molecular weight is 405 g/mol. The predicted molar refractivity (Wildman–Crippen MR) is 107 cm³/mol. The van der Waals surface area contributed by atoms with Crippen molar-refractivity contribution in [3.05, 3.63) is 52.8 Å². The van der Waals surface area contributed by atoms with Crippen LogP contribution in [0.4, 0.5) is 17.1 Å². The SMILES string of the molecule is CC(C)NS(=O)(=O)c1ccc(N2CCN(c3ccncc3)CC2)c([N+](=O)[O-])c1. The first-order chi connectivity index (χ1) is 13.3. The molecule has 1 fully saturated rings. The van der Waals surface area contributed by atoms with Crippen LogP contribution in [0.5, 0.6) is 0 Å². The zero-order chi connectivity index (χ0) is 20.3. The van der Waals surface area contributed by atoms with E-state index in [2.05, 4.69) is 14.6 Å². The Morgan fingerprint density at radius 2 is 1.68 bits per heavy atom.